The van der Waals surface area contributed by atoms with E-state index in [9.17, 15) is 4.79 Å². The van der Waals surface area contributed by atoms with Crippen molar-refractivity contribution in [2.75, 3.05) is 19.6 Å². The fourth-order valence-corrected chi connectivity index (χ4v) is 1.65. The van der Waals surface area contributed by atoms with Crippen molar-refractivity contribution in [2.45, 2.75) is 32.7 Å². The summed E-state index contributed by atoms with van der Waals surface area (Å²) < 4.78 is 0. The molecule has 0 bridgehead atoms. The fourth-order valence-electron chi connectivity index (χ4n) is 1.65. The van der Waals surface area contributed by atoms with E-state index in [1.165, 1.54) is 0 Å². The summed E-state index contributed by atoms with van der Waals surface area (Å²) in [6.07, 6.45) is 2.15. The highest BCUT2D eigenvalue weighted by Crippen LogP contribution is 2.07. The zero-order chi connectivity index (χ0) is 8.97. The van der Waals surface area contributed by atoms with Crippen LogP contribution in [0.4, 0.5) is 0 Å². The fraction of sp³-hybridized carbons (Fsp3) is 0.889. The quantitative estimate of drug-likeness (QED) is 0.673. The van der Waals surface area contributed by atoms with Crippen LogP contribution in [0.3, 0.4) is 0 Å². The molecule has 3 nitrogen and oxygen atoms in total. The third-order valence-electron chi connectivity index (χ3n) is 2.43. The molecule has 0 aromatic carbocycles. The molecule has 1 heterocycles. The summed E-state index contributed by atoms with van der Waals surface area (Å²) in [4.78, 5) is 13.6. The van der Waals surface area contributed by atoms with Crippen LogP contribution in [0.15, 0.2) is 0 Å². The third kappa shape index (κ3) is 1.97. The minimum Gasteiger partial charge on any atom is -0.342 e. The van der Waals surface area contributed by atoms with Gasteiger partial charge in [0.15, 0.2) is 0 Å². The summed E-state index contributed by atoms with van der Waals surface area (Å²) in [5.74, 6) is 0.275. The Bertz CT molecular complexity index is 145. The van der Waals surface area contributed by atoms with Crippen LogP contribution in [0, 0.1) is 0 Å². The summed E-state index contributed by atoms with van der Waals surface area (Å²) in [6.45, 7) is 6.70. The SMILES string of the molecule is CCN(CC)C(=O)[C@H]1CCCN1. The number of amides is 1. The van der Waals surface area contributed by atoms with E-state index in [4.69, 9.17) is 0 Å². The van der Waals surface area contributed by atoms with E-state index in [0.29, 0.717) is 0 Å². The Hall–Kier alpha value is -0.570. The van der Waals surface area contributed by atoms with E-state index in [0.717, 1.165) is 32.5 Å². The highest BCUT2D eigenvalue weighted by Gasteiger charge is 2.24. The van der Waals surface area contributed by atoms with Gasteiger partial charge >= 0.3 is 0 Å². The van der Waals surface area contributed by atoms with E-state index in [1.54, 1.807) is 0 Å². The van der Waals surface area contributed by atoms with Gasteiger partial charge in [0.1, 0.15) is 0 Å². The molecule has 12 heavy (non-hydrogen) atoms. The summed E-state index contributed by atoms with van der Waals surface area (Å²) in [7, 11) is 0. The van der Waals surface area contributed by atoms with Gasteiger partial charge in [0.05, 0.1) is 6.04 Å². The number of carbonyl (C=O) groups excluding carboxylic acids is 1. The molecule has 0 aliphatic carbocycles. The molecule has 1 fully saturated rings. The van der Waals surface area contributed by atoms with E-state index in [-0.39, 0.29) is 11.9 Å². The van der Waals surface area contributed by atoms with Crippen LogP contribution in [0.5, 0.6) is 0 Å². The molecule has 70 valence electrons. The Labute approximate surface area is 74.1 Å². The van der Waals surface area contributed by atoms with Crippen molar-refractivity contribution in [2.24, 2.45) is 0 Å². The molecule has 1 saturated heterocycles. The number of likely N-dealkylation sites (N-methyl/N-ethyl adjacent to an activating group) is 1. The Kier molecular flexibility index (Phi) is 3.53. The minimum absolute atomic E-state index is 0.102. The van der Waals surface area contributed by atoms with Crippen molar-refractivity contribution in [1.82, 2.24) is 10.2 Å². The maximum atomic E-state index is 11.7. The van der Waals surface area contributed by atoms with Crippen molar-refractivity contribution in [3.8, 4) is 0 Å². The second-order valence-corrected chi connectivity index (χ2v) is 3.16. The van der Waals surface area contributed by atoms with Crippen LogP contribution in [-0.4, -0.2) is 36.5 Å². The van der Waals surface area contributed by atoms with Crippen molar-refractivity contribution in [1.29, 1.82) is 0 Å². The first-order valence-electron chi connectivity index (χ1n) is 4.81. The zero-order valence-electron chi connectivity index (χ0n) is 7.97. The molecule has 0 unspecified atom stereocenters. The number of carbonyl (C=O) groups is 1. The highest BCUT2D eigenvalue weighted by molar-refractivity contribution is 5.82. The lowest BCUT2D eigenvalue weighted by Gasteiger charge is -2.22. The number of nitrogens with zero attached hydrogens (tertiary/aromatic N) is 1. The van der Waals surface area contributed by atoms with Crippen LogP contribution in [-0.2, 0) is 4.79 Å². The third-order valence-corrected chi connectivity index (χ3v) is 2.43. The molecule has 1 aliphatic heterocycles. The van der Waals surface area contributed by atoms with Crippen LogP contribution in [0.1, 0.15) is 26.7 Å². The van der Waals surface area contributed by atoms with E-state index >= 15 is 0 Å². The van der Waals surface area contributed by atoms with Crippen LogP contribution in [0.25, 0.3) is 0 Å². The first-order chi connectivity index (χ1) is 5.79. The average molecular weight is 170 g/mol. The number of rotatable bonds is 3. The lowest BCUT2D eigenvalue weighted by Crippen LogP contribution is -2.43. The molecule has 0 radical (unpaired) electrons. The average Bonchev–Trinajstić information content (AvgIpc) is 2.58. The van der Waals surface area contributed by atoms with Crippen LogP contribution < -0.4 is 5.32 Å². The molecule has 0 aromatic rings. The Morgan fingerprint density at radius 3 is 2.58 bits per heavy atom. The number of nitrogens with one attached hydrogen (secondary N) is 1. The van der Waals surface area contributed by atoms with E-state index in [1.807, 2.05) is 18.7 Å². The van der Waals surface area contributed by atoms with Gasteiger partial charge in [-0.2, -0.15) is 0 Å². The smallest absolute Gasteiger partial charge is 0.239 e. The molecule has 3 heteroatoms. The highest BCUT2D eigenvalue weighted by atomic mass is 16.2. The van der Waals surface area contributed by atoms with Gasteiger partial charge in [0, 0.05) is 13.1 Å². The van der Waals surface area contributed by atoms with Crippen molar-refractivity contribution >= 4 is 5.91 Å². The standard InChI is InChI=1S/C9H18N2O/c1-3-11(4-2)9(12)8-6-5-7-10-8/h8,10H,3-7H2,1-2H3/t8-/m1/s1. The second kappa shape index (κ2) is 4.45. The molecule has 1 N–H and O–H groups in total. The summed E-state index contributed by atoms with van der Waals surface area (Å²) in [5.41, 5.74) is 0. The normalized spacial score (nSPS) is 22.7. The molecule has 1 atom stereocenters. The first kappa shape index (κ1) is 9.52. The van der Waals surface area contributed by atoms with Gasteiger partial charge < -0.3 is 10.2 Å². The molecule has 0 aromatic heterocycles. The Morgan fingerprint density at radius 2 is 2.17 bits per heavy atom. The first-order valence-corrected chi connectivity index (χ1v) is 4.81. The molecular weight excluding hydrogens is 152 g/mol. The molecule has 1 aliphatic rings. The largest absolute Gasteiger partial charge is 0.342 e. The lowest BCUT2D eigenvalue weighted by molar-refractivity contribution is -0.132. The summed E-state index contributed by atoms with van der Waals surface area (Å²) >= 11 is 0. The molecule has 0 spiro atoms. The maximum Gasteiger partial charge on any atom is 0.239 e. The van der Waals surface area contributed by atoms with Gasteiger partial charge in [0.25, 0.3) is 0 Å². The molecular formula is C9H18N2O. The van der Waals surface area contributed by atoms with Gasteiger partial charge in [-0.05, 0) is 33.2 Å². The number of hydrogen-bond acceptors (Lipinski definition) is 2. The van der Waals surface area contributed by atoms with Gasteiger partial charge in [-0.25, -0.2) is 0 Å². The Balaban J connectivity index is 2.43. The van der Waals surface area contributed by atoms with Crippen molar-refractivity contribution in [3.05, 3.63) is 0 Å². The summed E-state index contributed by atoms with van der Waals surface area (Å²) in [6, 6.07) is 0.102. The van der Waals surface area contributed by atoms with Gasteiger partial charge in [0.2, 0.25) is 5.91 Å². The predicted molar refractivity (Wildman–Crippen MR) is 49.0 cm³/mol. The predicted octanol–water partition coefficient (Wildman–Crippen LogP) is 0.607. The van der Waals surface area contributed by atoms with Crippen molar-refractivity contribution in [3.63, 3.8) is 0 Å². The monoisotopic (exact) mass is 170 g/mol. The van der Waals surface area contributed by atoms with Crippen LogP contribution in [0.2, 0.25) is 0 Å². The van der Waals surface area contributed by atoms with E-state index < -0.39 is 0 Å². The zero-order valence-corrected chi connectivity index (χ0v) is 7.97. The molecule has 0 saturated carbocycles. The van der Waals surface area contributed by atoms with Crippen LogP contribution >= 0.6 is 0 Å². The maximum absolute atomic E-state index is 11.7. The second-order valence-electron chi connectivity index (χ2n) is 3.16. The molecule has 1 amide bonds. The minimum atomic E-state index is 0.102. The van der Waals surface area contributed by atoms with E-state index in [2.05, 4.69) is 5.32 Å². The summed E-state index contributed by atoms with van der Waals surface area (Å²) in [5, 5.41) is 3.21. The Morgan fingerprint density at radius 1 is 1.50 bits per heavy atom. The van der Waals surface area contributed by atoms with Crippen molar-refractivity contribution < 1.29 is 4.79 Å². The topological polar surface area (TPSA) is 32.3 Å². The lowest BCUT2D eigenvalue weighted by atomic mass is 10.2. The van der Waals surface area contributed by atoms with Gasteiger partial charge in [-0.3, -0.25) is 4.79 Å². The molecule has 1 rings (SSSR count). The van der Waals surface area contributed by atoms with Gasteiger partial charge in [-0.1, -0.05) is 0 Å². The van der Waals surface area contributed by atoms with Gasteiger partial charge in [-0.15, -0.1) is 0 Å². The number of hydrogen-bond donors (Lipinski definition) is 1.